The molecule has 1 atom stereocenters. The second-order valence-corrected chi connectivity index (χ2v) is 5.01. The molecule has 2 N–H and O–H groups in total. The molecule has 2 aromatic rings. The molecule has 3 rings (SSSR count). The van der Waals surface area contributed by atoms with E-state index in [1.807, 2.05) is 12.1 Å². The molecule has 1 saturated heterocycles. The molecule has 18 heavy (non-hydrogen) atoms. The van der Waals surface area contributed by atoms with Crippen molar-refractivity contribution in [3.63, 3.8) is 0 Å². The third-order valence-electron chi connectivity index (χ3n) is 3.66. The van der Waals surface area contributed by atoms with Crippen molar-refractivity contribution < 1.29 is 4.74 Å². The van der Waals surface area contributed by atoms with Crippen molar-refractivity contribution in [1.82, 2.24) is 9.55 Å². The average molecular weight is 245 g/mol. The monoisotopic (exact) mass is 245 g/mol. The van der Waals surface area contributed by atoms with E-state index < -0.39 is 0 Å². The first-order chi connectivity index (χ1) is 8.75. The van der Waals surface area contributed by atoms with Crippen LogP contribution in [-0.4, -0.2) is 22.3 Å². The molecule has 1 aliphatic heterocycles. The Balaban J connectivity index is 1.97. The lowest BCUT2D eigenvalue weighted by Gasteiger charge is -2.23. The van der Waals surface area contributed by atoms with E-state index >= 15 is 0 Å². The number of hydrogen-bond donors (Lipinski definition) is 1. The highest BCUT2D eigenvalue weighted by Gasteiger charge is 2.18. The quantitative estimate of drug-likeness (QED) is 0.884. The smallest absolute Gasteiger partial charge is 0.201 e. The fourth-order valence-electron chi connectivity index (χ4n) is 2.72. The fourth-order valence-corrected chi connectivity index (χ4v) is 2.72. The molecule has 1 unspecified atom stereocenters. The lowest BCUT2D eigenvalue weighted by atomic mass is 10.1. The van der Waals surface area contributed by atoms with Gasteiger partial charge in [0.2, 0.25) is 5.95 Å². The maximum atomic E-state index is 6.04. The molecule has 4 heteroatoms. The Hall–Kier alpha value is -1.55. The average Bonchev–Trinajstić information content (AvgIpc) is 2.69. The van der Waals surface area contributed by atoms with E-state index in [0.717, 1.165) is 30.6 Å². The fraction of sp³-hybridized carbons (Fsp3) is 0.500. The van der Waals surface area contributed by atoms with Crippen molar-refractivity contribution in [3.8, 4) is 0 Å². The number of para-hydroxylation sites is 1. The van der Waals surface area contributed by atoms with Gasteiger partial charge in [-0.2, -0.15) is 0 Å². The minimum absolute atomic E-state index is 0.276. The van der Waals surface area contributed by atoms with Crippen LogP contribution in [0.15, 0.2) is 18.2 Å². The van der Waals surface area contributed by atoms with Crippen molar-refractivity contribution in [2.24, 2.45) is 0 Å². The summed E-state index contributed by atoms with van der Waals surface area (Å²) in [6.07, 6.45) is 3.81. The molecular formula is C14H19N3O. The van der Waals surface area contributed by atoms with Crippen LogP contribution in [0.25, 0.3) is 11.0 Å². The minimum Gasteiger partial charge on any atom is -0.376 e. The van der Waals surface area contributed by atoms with Gasteiger partial charge in [0.1, 0.15) is 0 Å². The molecule has 0 saturated carbocycles. The van der Waals surface area contributed by atoms with E-state index in [4.69, 9.17) is 10.5 Å². The summed E-state index contributed by atoms with van der Waals surface area (Å²) in [6, 6.07) is 6.13. The number of rotatable bonds is 2. The van der Waals surface area contributed by atoms with Gasteiger partial charge in [-0.25, -0.2) is 4.98 Å². The summed E-state index contributed by atoms with van der Waals surface area (Å²) >= 11 is 0. The van der Waals surface area contributed by atoms with Crippen LogP contribution in [-0.2, 0) is 11.3 Å². The Morgan fingerprint density at radius 2 is 2.33 bits per heavy atom. The molecule has 1 aromatic heterocycles. The predicted molar refractivity (Wildman–Crippen MR) is 72.5 cm³/mol. The van der Waals surface area contributed by atoms with Crippen LogP contribution in [0.4, 0.5) is 5.95 Å². The highest BCUT2D eigenvalue weighted by molar-refractivity contribution is 5.81. The van der Waals surface area contributed by atoms with Crippen LogP contribution in [0.2, 0.25) is 0 Å². The molecule has 0 bridgehead atoms. The maximum absolute atomic E-state index is 6.04. The number of fused-ring (bicyclic) bond motifs is 1. The number of ether oxygens (including phenoxy) is 1. The first-order valence-electron chi connectivity index (χ1n) is 6.58. The number of aromatic nitrogens is 2. The Morgan fingerprint density at radius 1 is 1.44 bits per heavy atom. The van der Waals surface area contributed by atoms with Gasteiger partial charge in [-0.1, -0.05) is 12.1 Å². The maximum Gasteiger partial charge on any atom is 0.201 e. The number of imidazole rings is 1. The summed E-state index contributed by atoms with van der Waals surface area (Å²) in [5.41, 5.74) is 9.37. The summed E-state index contributed by atoms with van der Waals surface area (Å²) in [6.45, 7) is 3.78. The second-order valence-electron chi connectivity index (χ2n) is 5.01. The molecule has 1 aliphatic rings. The van der Waals surface area contributed by atoms with Crippen LogP contribution in [0.5, 0.6) is 0 Å². The van der Waals surface area contributed by atoms with E-state index in [2.05, 4.69) is 22.5 Å². The molecule has 0 aliphatic carbocycles. The number of benzene rings is 1. The summed E-state index contributed by atoms with van der Waals surface area (Å²) < 4.78 is 7.89. The molecular weight excluding hydrogens is 226 g/mol. The normalized spacial score (nSPS) is 20.4. The van der Waals surface area contributed by atoms with Crippen molar-refractivity contribution >= 4 is 17.0 Å². The van der Waals surface area contributed by atoms with Gasteiger partial charge in [0.05, 0.1) is 23.7 Å². The van der Waals surface area contributed by atoms with Crippen LogP contribution >= 0.6 is 0 Å². The third-order valence-corrected chi connectivity index (χ3v) is 3.66. The van der Waals surface area contributed by atoms with Crippen LogP contribution < -0.4 is 5.73 Å². The van der Waals surface area contributed by atoms with Gasteiger partial charge in [-0.15, -0.1) is 0 Å². The topological polar surface area (TPSA) is 53.1 Å². The standard InChI is InChI=1S/C14H19N3O/c1-10-5-4-7-12-13(10)17(14(15)16-12)9-11-6-2-3-8-18-11/h4-5,7,11H,2-3,6,8-9H2,1H3,(H2,15,16). The van der Waals surface area contributed by atoms with Gasteiger partial charge in [0, 0.05) is 6.61 Å². The number of anilines is 1. The highest BCUT2D eigenvalue weighted by atomic mass is 16.5. The Morgan fingerprint density at radius 3 is 3.11 bits per heavy atom. The first kappa shape index (κ1) is 11.5. The molecule has 1 fully saturated rings. The van der Waals surface area contributed by atoms with Crippen LogP contribution in [0, 0.1) is 6.92 Å². The second kappa shape index (κ2) is 4.61. The third kappa shape index (κ3) is 1.97. The Kier molecular flexibility index (Phi) is 2.96. The largest absolute Gasteiger partial charge is 0.376 e. The minimum atomic E-state index is 0.276. The van der Waals surface area contributed by atoms with Gasteiger partial charge in [-0.05, 0) is 37.8 Å². The number of nitrogens with two attached hydrogens (primary N) is 1. The summed E-state index contributed by atoms with van der Waals surface area (Å²) in [4.78, 5) is 4.42. The number of aryl methyl sites for hydroxylation is 1. The molecule has 1 aromatic carbocycles. The van der Waals surface area contributed by atoms with Gasteiger partial charge in [0.15, 0.2) is 0 Å². The Bertz CT molecular complexity index is 555. The van der Waals surface area contributed by atoms with E-state index in [9.17, 15) is 0 Å². The van der Waals surface area contributed by atoms with E-state index in [1.54, 1.807) is 0 Å². The molecule has 2 heterocycles. The Labute approximate surface area is 107 Å². The summed E-state index contributed by atoms with van der Waals surface area (Å²) in [5.74, 6) is 0.591. The summed E-state index contributed by atoms with van der Waals surface area (Å²) in [7, 11) is 0. The molecule has 0 spiro atoms. The van der Waals surface area contributed by atoms with Crippen LogP contribution in [0.1, 0.15) is 24.8 Å². The number of nitrogens with zero attached hydrogens (tertiary/aromatic N) is 2. The van der Waals surface area contributed by atoms with Gasteiger partial charge < -0.3 is 15.0 Å². The zero-order valence-electron chi connectivity index (χ0n) is 10.7. The zero-order valence-corrected chi connectivity index (χ0v) is 10.7. The number of hydrogen-bond acceptors (Lipinski definition) is 3. The van der Waals surface area contributed by atoms with Gasteiger partial charge in [0.25, 0.3) is 0 Å². The molecule has 0 amide bonds. The number of nitrogen functional groups attached to an aromatic ring is 1. The van der Waals surface area contributed by atoms with Crippen molar-refractivity contribution in [2.45, 2.75) is 38.8 Å². The summed E-state index contributed by atoms with van der Waals surface area (Å²) in [5, 5.41) is 0. The lowest BCUT2D eigenvalue weighted by Crippen LogP contribution is -2.25. The van der Waals surface area contributed by atoms with E-state index in [1.165, 1.54) is 18.4 Å². The lowest BCUT2D eigenvalue weighted by molar-refractivity contribution is 0.00693. The van der Waals surface area contributed by atoms with E-state index in [-0.39, 0.29) is 6.10 Å². The molecule has 0 radical (unpaired) electrons. The molecule has 4 nitrogen and oxygen atoms in total. The first-order valence-corrected chi connectivity index (χ1v) is 6.58. The van der Waals surface area contributed by atoms with Crippen molar-refractivity contribution in [1.29, 1.82) is 0 Å². The van der Waals surface area contributed by atoms with Crippen LogP contribution in [0.3, 0.4) is 0 Å². The SMILES string of the molecule is Cc1cccc2nc(N)n(CC3CCCCO3)c12. The van der Waals surface area contributed by atoms with Gasteiger partial charge in [-0.3, -0.25) is 0 Å². The molecule has 96 valence electrons. The predicted octanol–water partition coefficient (Wildman–Crippen LogP) is 2.50. The zero-order chi connectivity index (χ0) is 12.5. The van der Waals surface area contributed by atoms with Crippen molar-refractivity contribution in [2.75, 3.05) is 12.3 Å². The van der Waals surface area contributed by atoms with Gasteiger partial charge >= 0.3 is 0 Å². The van der Waals surface area contributed by atoms with Crippen molar-refractivity contribution in [3.05, 3.63) is 23.8 Å². The highest BCUT2D eigenvalue weighted by Crippen LogP contribution is 2.24. The van der Waals surface area contributed by atoms with E-state index in [0.29, 0.717) is 5.95 Å².